The molecule has 0 aromatic heterocycles. The average molecular weight is 472 g/mol. The van der Waals surface area contributed by atoms with E-state index < -0.39 is 23.7 Å². The number of esters is 1. The lowest BCUT2D eigenvalue weighted by molar-refractivity contribution is -0.132. The highest BCUT2D eigenvalue weighted by atomic mass is 16.5. The van der Waals surface area contributed by atoms with Gasteiger partial charge in [0, 0.05) is 11.3 Å². The molecule has 0 saturated carbocycles. The van der Waals surface area contributed by atoms with Gasteiger partial charge in [-0.05, 0) is 55.8 Å². The second-order valence-electron chi connectivity index (χ2n) is 8.08. The van der Waals surface area contributed by atoms with Crippen molar-refractivity contribution in [3.05, 3.63) is 101 Å². The van der Waals surface area contributed by atoms with Crippen molar-refractivity contribution in [2.75, 3.05) is 18.6 Å². The van der Waals surface area contributed by atoms with Gasteiger partial charge in [0.25, 0.3) is 11.7 Å². The van der Waals surface area contributed by atoms with Crippen molar-refractivity contribution in [1.82, 2.24) is 0 Å². The smallest absolute Gasteiger partial charge is 0.338 e. The van der Waals surface area contributed by atoms with Gasteiger partial charge in [-0.15, -0.1) is 0 Å². The molecular formula is C28H25NO6. The van der Waals surface area contributed by atoms with E-state index in [1.165, 1.54) is 24.1 Å². The molecule has 1 atom stereocenters. The maximum absolute atomic E-state index is 13.3. The van der Waals surface area contributed by atoms with Crippen molar-refractivity contribution in [3.63, 3.8) is 0 Å². The zero-order valence-electron chi connectivity index (χ0n) is 19.6. The summed E-state index contributed by atoms with van der Waals surface area (Å²) in [5, 5.41) is 11.2. The van der Waals surface area contributed by atoms with Gasteiger partial charge in [0.1, 0.15) is 11.5 Å². The van der Waals surface area contributed by atoms with Gasteiger partial charge in [-0.2, -0.15) is 0 Å². The summed E-state index contributed by atoms with van der Waals surface area (Å²) in [6.45, 7) is 3.87. The molecule has 0 radical (unpaired) electrons. The summed E-state index contributed by atoms with van der Waals surface area (Å²) in [5.74, 6) is -1.78. The molecule has 1 aliphatic heterocycles. The fraction of sp³-hybridized carbons (Fsp3) is 0.179. The van der Waals surface area contributed by atoms with Gasteiger partial charge in [-0.25, -0.2) is 4.79 Å². The van der Waals surface area contributed by atoms with Crippen LogP contribution in [0.4, 0.5) is 5.69 Å². The van der Waals surface area contributed by atoms with E-state index in [0.29, 0.717) is 28.1 Å². The molecule has 3 aromatic carbocycles. The molecule has 4 rings (SSSR count). The number of methoxy groups -OCH3 is 1. The molecule has 1 saturated heterocycles. The van der Waals surface area contributed by atoms with Crippen molar-refractivity contribution < 1.29 is 29.0 Å². The standard InChI is InChI=1S/C28H25NO6/c1-4-35-28(33)19-12-14-21(15-13-19)29-24(20-6-5-7-22(16-20)34-3)23(26(31)27(29)32)25(30)18-10-8-17(2)9-11-18/h5-16,24,30H,4H2,1-3H3/b25-23+. The van der Waals surface area contributed by atoms with E-state index in [4.69, 9.17) is 9.47 Å². The zero-order valence-corrected chi connectivity index (χ0v) is 19.6. The Hall–Kier alpha value is -4.39. The molecule has 1 N–H and O–H groups in total. The van der Waals surface area contributed by atoms with Crippen molar-refractivity contribution in [2.45, 2.75) is 19.9 Å². The molecule has 7 heteroatoms. The number of benzene rings is 3. The SMILES string of the molecule is CCOC(=O)c1ccc(N2C(=O)C(=O)/C(=C(/O)c3ccc(C)cc3)C2c2cccc(OC)c2)cc1. The quantitative estimate of drug-likeness (QED) is 0.240. The molecule has 1 fully saturated rings. The molecule has 1 aliphatic rings. The van der Waals surface area contributed by atoms with Crippen LogP contribution in [0.1, 0.15) is 40.0 Å². The van der Waals surface area contributed by atoms with Crippen molar-refractivity contribution in [1.29, 1.82) is 0 Å². The minimum absolute atomic E-state index is 0.0263. The van der Waals surface area contributed by atoms with E-state index >= 15 is 0 Å². The number of carbonyl (C=O) groups is 3. The minimum Gasteiger partial charge on any atom is -0.507 e. The Labute approximate surface area is 203 Å². The second kappa shape index (κ2) is 9.85. The molecule has 7 nitrogen and oxygen atoms in total. The van der Waals surface area contributed by atoms with Crippen molar-refractivity contribution in [3.8, 4) is 5.75 Å². The van der Waals surface area contributed by atoms with Gasteiger partial charge in [0.15, 0.2) is 0 Å². The van der Waals surface area contributed by atoms with E-state index in [0.717, 1.165) is 5.56 Å². The minimum atomic E-state index is -0.903. The van der Waals surface area contributed by atoms with Crippen molar-refractivity contribution >= 4 is 29.1 Å². The number of carbonyl (C=O) groups excluding carboxylic acids is 3. The summed E-state index contributed by atoms with van der Waals surface area (Å²) in [7, 11) is 1.52. The monoisotopic (exact) mass is 471 g/mol. The van der Waals surface area contributed by atoms with Gasteiger partial charge in [0.05, 0.1) is 30.9 Å². The molecule has 3 aromatic rings. The number of rotatable bonds is 6. The van der Waals surface area contributed by atoms with Crippen LogP contribution in [0.3, 0.4) is 0 Å². The van der Waals surface area contributed by atoms with Crippen LogP contribution < -0.4 is 9.64 Å². The van der Waals surface area contributed by atoms with E-state index in [9.17, 15) is 19.5 Å². The van der Waals surface area contributed by atoms with Crippen LogP contribution in [-0.4, -0.2) is 36.5 Å². The maximum atomic E-state index is 13.3. The summed E-state index contributed by atoms with van der Waals surface area (Å²) in [5.41, 5.74) is 2.71. The van der Waals surface area contributed by atoms with E-state index in [2.05, 4.69) is 0 Å². The highest BCUT2D eigenvalue weighted by Crippen LogP contribution is 2.42. The number of nitrogens with zero attached hydrogens (tertiary/aromatic N) is 1. The summed E-state index contributed by atoms with van der Waals surface area (Å²) in [6.07, 6.45) is 0. The molecule has 35 heavy (non-hydrogen) atoms. The van der Waals surface area contributed by atoms with E-state index in [-0.39, 0.29) is 17.9 Å². The zero-order chi connectivity index (χ0) is 25.1. The first-order valence-corrected chi connectivity index (χ1v) is 11.1. The Balaban J connectivity index is 1.87. The predicted molar refractivity (Wildman–Crippen MR) is 131 cm³/mol. The number of aryl methyl sites for hydroxylation is 1. The lowest BCUT2D eigenvalue weighted by Crippen LogP contribution is -2.29. The number of hydrogen-bond acceptors (Lipinski definition) is 6. The van der Waals surface area contributed by atoms with Crippen LogP contribution in [-0.2, 0) is 14.3 Å². The highest BCUT2D eigenvalue weighted by molar-refractivity contribution is 6.51. The van der Waals surface area contributed by atoms with Crippen LogP contribution >= 0.6 is 0 Å². The number of aliphatic hydroxyl groups is 1. The van der Waals surface area contributed by atoms with Crippen LogP contribution in [0.15, 0.2) is 78.4 Å². The van der Waals surface area contributed by atoms with Gasteiger partial charge in [-0.1, -0.05) is 42.0 Å². The number of aliphatic hydroxyl groups excluding tert-OH is 1. The normalized spacial score (nSPS) is 16.9. The van der Waals surface area contributed by atoms with Gasteiger partial charge in [0.2, 0.25) is 0 Å². The summed E-state index contributed by atoms with van der Waals surface area (Å²) >= 11 is 0. The topological polar surface area (TPSA) is 93.1 Å². The fourth-order valence-electron chi connectivity index (χ4n) is 4.07. The van der Waals surface area contributed by atoms with Crippen LogP contribution in [0, 0.1) is 6.92 Å². The summed E-state index contributed by atoms with van der Waals surface area (Å²) in [6, 6.07) is 19.4. The Morgan fingerprint density at radius 3 is 2.26 bits per heavy atom. The Bertz CT molecular complexity index is 1310. The lowest BCUT2D eigenvalue weighted by atomic mass is 9.94. The van der Waals surface area contributed by atoms with Gasteiger partial charge < -0.3 is 14.6 Å². The molecule has 1 heterocycles. The van der Waals surface area contributed by atoms with Crippen LogP contribution in [0.5, 0.6) is 5.75 Å². The molecule has 178 valence electrons. The van der Waals surface area contributed by atoms with Crippen LogP contribution in [0.25, 0.3) is 5.76 Å². The maximum Gasteiger partial charge on any atom is 0.338 e. The average Bonchev–Trinajstić information content (AvgIpc) is 3.14. The number of ketones is 1. The Morgan fingerprint density at radius 1 is 0.971 bits per heavy atom. The second-order valence-corrected chi connectivity index (χ2v) is 8.08. The van der Waals surface area contributed by atoms with Crippen LogP contribution in [0.2, 0.25) is 0 Å². The number of hydrogen-bond donors (Lipinski definition) is 1. The largest absolute Gasteiger partial charge is 0.507 e. The first-order valence-electron chi connectivity index (χ1n) is 11.1. The van der Waals surface area contributed by atoms with E-state index in [1.807, 2.05) is 19.1 Å². The molecule has 0 spiro atoms. The lowest BCUT2D eigenvalue weighted by Gasteiger charge is -2.26. The Morgan fingerprint density at radius 2 is 1.63 bits per heavy atom. The molecular weight excluding hydrogens is 446 g/mol. The third-order valence-corrected chi connectivity index (χ3v) is 5.84. The first kappa shape index (κ1) is 23.8. The van der Waals surface area contributed by atoms with Crippen molar-refractivity contribution in [2.24, 2.45) is 0 Å². The van der Waals surface area contributed by atoms with E-state index in [1.54, 1.807) is 55.5 Å². The summed E-state index contributed by atoms with van der Waals surface area (Å²) < 4.78 is 10.4. The Kier molecular flexibility index (Phi) is 6.68. The van der Waals surface area contributed by atoms with Gasteiger partial charge >= 0.3 is 5.97 Å². The number of amides is 1. The fourth-order valence-corrected chi connectivity index (χ4v) is 4.07. The molecule has 0 aliphatic carbocycles. The predicted octanol–water partition coefficient (Wildman–Crippen LogP) is 4.81. The number of ether oxygens (including phenoxy) is 2. The molecule has 1 unspecified atom stereocenters. The number of Topliss-reactive ketones (excluding diaryl/α,β-unsaturated/α-hetero) is 1. The number of anilines is 1. The van der Waals surface area contributed by atoms with Gasteiger partial charge in [-0.3, -0.25) is 14.5 Å². The third kappa shape index (κ3) is 4.53. The molecule has 0 bridgehead atoms. The highest BCUT2D eigenvalue weighted by Gasteiger charge is 2.47. The molecule has 1 amide bonds. The summed E-state index contributed by atoms with van der Waals surface area (Å²) in [4.78, 5) is 39.9. The first-order chi connectivity index (χ1) is 16.8. The third-order valence-electron chi connectivity index (χ3n) is 5.84.